The zero-order valence-corrected chi connectivity index (χ0v) is 12.0. The average molecular weight is 264 g/mol. The molecule has 1 aliphatic rings. The van der Waals surface area contributed by atoms with E-state index in [1.165, 1.54) is 25.7 Å². The van der Waals surface area contributed by atoms with Gasteiger partial charge in [-0.1, -0.05) is 19.8 Å². The summed E-state index contributed by atoms with van der Waals surface area (Å²) in [6.45, 7) is 2.30. The molecule has 0 radical (unpaired) electrons. The number of rotatable bonds is 5. The number of hydrogen-bond donors (Lipinski definition) is 2. The average Bonchev–Trinajstić information content (AvgIpc) is 2.87. The van der Waals surface area contributed by atoms with E-state index in [0.717, 1.165) is 17.1 Å². The summed E-state index contributed by atoms with van der Waals surface area (Å²) in [5.74, 6) is 7.53. The zero-order chi connectivity index (χ0) is 13.9. The van der Waals surface area contributed by atoms with Crippen LogP contribution in [-0.4, -0.2) is 14.2 Å². The fourth-order valence-electron chi connectivity index (χ4n) is 3.20. The second-order valence-corrected chi connectivity index (χ2v) is 5.57. The van der Waals surface area contributed by atoms with Gasteiger partial charge in [-0.05, 0) is 36.5 Å². The predicted molar refractivity (Wildman–Crippen MR) is 76.2 cm³/mol. The summed E-state index contributed by atoms with van der Waals surface area (Å²) in [7, 11) is 3.36. The van der Waals surface area contributed by atoms with E-state index in [4.69, 9.17) is 15.3 Å². The molecule has 1 atom stereocenters. The van der Waals surface area contributed by atoms with Gasteiger partial charge in [-0.3, -0.25) is 11.3 Å². The molecule has 1 saturated carbocycles. The van der Waals surface area contributed by atoms with Crippen LogP contribution in [0.2, 0.25) is 0 Å². The molecular weight excluding hydrogens is 240 g/mol. The third kappa shape index (κ3) is 2.69. The standard InChI is InChI=1S/C15H24N2O2/c1-15(8-4-5-9-15)14(17-16)12-10-11(18-2)6-7-13(12)19-3/h6-7,10,14,17H,4-5,8-9,16H2,1-3H3. The first-order chi connectivity index (χ1) is 9.14. The normalized spacial score (nSPS) is 19.2. The van der Waals surface area contributed by atoms with Crippen LogP contribution in [0.15, 0.2) is 18.2 Å². The fourth-order valence-corrected chi connectivity index (χ4v) is 3.20. The maximum absolute atomic E-state index is 5.84. The van der Waals surface area contributed by atoms with Gasteiger partial charge in [0, 0.05) is 5.56 Å². The highest BCUT2D eigenvalue weighted by Crippen LogP contribution is 2.49. The molecule has 1 aromatic rings. The molecule has 1 aromatic carbocycles. The van der Waals surface area contributed by atoms with Gasteiger partial charge in [-0.25, -0.2) is 0 Å². The summed E-state index contributed by atoms with van der Waals surface area (Å²) in [6, 6.07) is 5.96. The lowest BCUT2D eigenvalue weighted by Gasteiger charge is -2.34. The smallest absolute Gasteiger partial charge is 0.123 e. The fraction of sp³-hybridized carbons (Fsp3) is 0.600. The number of hydrazine groups is 1. The lowest BCUT2D eigenvalue weighted by atomic mass is 9.77. The van der Waals surface area contributed by atoms with Crippen molar-refractivity contribution in [3.05, 3.63) is 23.8 Å². The number of nitrogens with two attached hydrogens (primary N) is 1. The van der Waals surface area contributed by atoms with Crippen molar-refractivity contribution >= 4 is 0 Å². The molecule has 1 unspecified atom stereocenters. The van der Waals surface area contributed by atoms with Gasteiger partial charge in [0.15, 0.2) is 0 Å². The van der Waals surface area contributed by atoms with Crippen molar-refractivity contribution < 1.29 is 9.47 Å². The summed E-state index contributed by atoms with van der Waals surface area (Å²) in [5.41, 5.74) is 4.24. The Labute approximate surface area is 115 Å². The van der Waals surface area contributed by atoms with Crippen LogP contribution in [0, 0.1) is 5.41 Å². The van der Waals surface area contributed by atoms with E-state index < -0.39 is 0 Å². The van der Waals surface area contributed by atoms with Crippen molar-refractivity contribution in [3.8, 4) is 11.5 Å². The molecule has 0 aliphatic heterocycles. The minimum absolute atomic E-state index is 0.0834. The Bertz CT molecular complexity index is 428. The van der Waals surface area contributed by atoms with Gasteiger partial charge < -0.3 is 9.47 Å². The van der Waals surface area contributed by atoms with E-state index in [1.54, 1.807) is 14.2 Å². The Morgan fingerprint density at radius 1 is 1.21 bits per heavy atom. The van der Waals surface area contributed by atoms with E-state index in [0.29, 0.717) is 0 Å². The first-order valence-corrected chi connectivity index (χ1v) is 6.82. The molecule has 0 aromatic heterocycles. The monoisotopic (exact) mass is 264 g/mol. The van der Waals surface area contributed by atoms with Crippen molar-refractivity contribution in [2.24, 2.45) is 11.3 Å². The molecule has 4 nitrogen and oxygen atoms in total. The highest BCUT2D eigenvalue weighted by molar-refractivity contribution is 5.43. The lowest BCUT2D eigenvalue weighted by Crippen LogP contribution is -2.38. The molecule has 19 heavy (non-hydrogen) atoms. The molecule has 0 saturated heterocycles. The molecule has 3 N–H and O–H groups in total. The third-order valence-corrected chi connectivity index (χ3v) is 4.36. The molecular formula is C15H24N2O2. The van der Waals surface area contributed by atoms with E-state index in [1.807, 2.05) is 18.2 Å². The molecule has 2 rings (SSSR count). The number of methoxy groups -OCH3 is 2. The van der Waals surface area contributed by atoms with Crippen LogP contribution >= 0.6 is 0 Å². The van der Waals surface area contributed by atoms with E-state index in [-0.39, 0.29) is 11.5 Å². The summed E-state index contributed by atoms with van der Waals surface area (Å²) < 4.78 is 10.8. The Hall–Kier alpha value is -1.26. The van der Waals surface area contributed by atoms with Crippen molar-refractivity contribution in [3.63, 3.8) is 0 Å². The van der Waals surface area contributed by atoms with E-state index in [2.05, 4.69) is 12.3 Å². The van der Waals surface area contributed by atoms with Crippen LogP contribution in [0.3, 0.4) is 0 Å². The van der Waals surface area contributed by atoms with E-state index >= 15 is 0 Å². The maximum atomic E-state index is 5.84. The minimum Gasteiger partial charge on any atom is -0.497 e. The van der Waals surface area contributed by atoms with Crippen molar-refractivity contribution in [2.75, 3.05) is 14.2 Å². The SMILES string of the molecule is COc1ccc(OC)c(C(NN)C2(C)CCCC2)c1. The molecule has 0 amide bonds. The molecule has 0 heterocycles. The number of benzene rings is 1. The van der Waals surface area contributed by atoms with Crippen molar-refractivity contribution in [1.29, 1.82) is 0 Å². The molecule has 106 valence electrons. The summed E-state index contributed by atoms with van der Waals surface area (Å²) in [4.78, 5) is 0. The highest BCUT2D eigenvalue weighted by Gasteiger charge is 2.38. The first-order valence-electron chi connectivity index (χ1n) is 6.82. The summed E-state index contributed by atoms with van der Waals surface area (Å²) in [6.07, 6.45) is 4.90. The first kappa shape index (κ1) is 14.2. The largest absolute Gasteiger partial charge is 0.497 e. The van der Waals surface area contributed by atoms with Crippen LogP contribution in [0.4, 0.5) is 0 Å². The zero-order valence-electron chi connectivity index (χ0n) is 12.0. The highest BCUT2D eigenvalue weighted by atomic mass is 16.5. The van der Waals surface area contributed by atoms with Crippen LogP contribution in [-0.2, 0) is 0 Å². The van der Waals surface area contributed by atoms with Crippen LogP contribution in [0.25, 0.3) is 0 Å². The summed E-state index contributed by atoms with van der Waals surface area (Å²) >= 11 is 0. The predicted octanol–water partition coefficient (Wildman–Crippen LogP) is 2.79. The second-order valence-electron chi connectivity index (χ2n) is 5.57. The Morgan fingerprint density at radius 3 is 2.42 bits per heavy atom. The Kier molecular flexibility index (Phi) is 4.32. The third-order valence-electron chi connectivity index (χ3n) is 4.36. The lowest BCUT2D eigenvalue weighted by molar-refractivity contribution is 0.219. The Balaban J connectivity index is 2.41. The van der Waals surface area contributed by atoms with Gasteiger partial charge in [0.1, 0.15) is 11.5 Å². The van der Waals surface area contributed by atoms with Crippen LogP contribution in [0.5, 0.6) is 11.5 Å². The van der Waals surface area contributed by atoms with Gasteiger partial charge in [0.25, 0.3) is 0 Å². The molecule has 1 aliphatic carbocycles. The molecule has 0 bridgehead atoms. The van der Waals surface area contributed by atoms with Gasteiger partial charge in [0.2, 0.25) is 0 Å². The van der Waals surface area contributed by atoms with Gasteiger partial charge in [-0.15, -0.1) is 0 Å². The minimum atomic E-state index is 0.0834. The van der Waals surface area contributed by atoms with Crippen molar-refractivity contribution in [1.82, 2.24) is 5.43 Å². The maximum Gasteiger partial charge on any atom is 0.123 e. The van der Waals surface area contributed by atoms with Gasteiger partial charge in [-0.2, -0.15) is 0 Å². The van der Waals surface area contributed by atoms with Crippen LogP contribution in [0.1, 0.15) is 44.2 Å². The van der Waals surface area contributed by atoms with E-state index in [9.17, 15) is 0 Å². The number of nitrogens with one attached hydrogen (secondary N) is 1. The summed E-state index contributed by atoms with van der Waals surface area (Å²) in [5, 5.41) is 0. The Morgan fingerprint density at radius 2 is 1.89 bits per heavy atom. The van der Waals surface area contributed by atoms with Gasteiger partial charge >= 0.3 is 0 Å². The molecule has 1 fully saturated rings. The van der Waals surface area contributed by atoms with Crippen molar-refractivity contribution in [2.45, 2.75) is 38.6 Å². The molecule has 0 spiro atoms. The molecule has 4 heteroatoms. The van der Waals surface area contributed by atoms with Crippen LogP contribution < -0.4 is 20.7 Å². The van der Waals surface area contributed by atoms with Gasteiger partial charge in [0.05, 0.1) is 20.3 Å². The second kappa shape index (κ2) is 5.80. The number of ether oxygens (including phenoxy) is 2. The number of hydrogen-bond acceptors (Lipinski definition) is 4. The topological polar surface area (TPSA) is 56.5 Å². The quantitative estimate of drug-likeness (QED) is 0.634.